The molecule has 0 bridgehead atoms. The lowest BCUT2D eigenvalue weighted by Crippen LogP contribution is -2.45. The van der Waals surface area contributed by atoms with Crippen LogP contribution < -0.4 is 5.32 Å². The zero-order valence-electron chi connectivity index (χ0n) is 42.3. The molecule has 2 atom stereocenters. The number of aliphatic hydroxyl groups excluding tert-OH is 2. The van der Waals surface area contributed by atoms with Gasteiger partial charge in [-0.05, 0) is 57.8 Å². The Balaban J connectivity index is 3.37. The van der Waals surface area contributed by atoms with Gasteiger partial charge in [0.15, 0.2) is 0 Å². The van der Waals surface area contributed by atoms with Gasteiger partial charge in [-0.25, -0.2) is 0 Å². The van der Waals surface area contributed by atoms with Gasteiger partial charge in [-0.1, -0.05) is 256 Å². The van der Waals surface area contributed by atoms with Crippen LogP contribution >= 0.6 is 0 Å². The maximum absolute atomic E-state index is 12.4. The van der Waals surface area contributed by atoms with Crippen LogP contribution in [0, 0.1) is 0 Å². The molecule has 372 valence electrons. The van der Waals surface area contributed by atoms with Crippen LogP contribution in [0.25, 0.3) is 0 Å². The number of amides is 1. The lowest BCUT2D eigenvalue weighted by Gasteiger charge is -2.22. The van der Waals surface area contributed by atoms with Gasteiger partial charge in [0.2, 0.25) is 5.91 Å². The number of carbonyl (C=O) groups excluding carboxylic acids is 2. The maximum atomic E-state index is 12.4. The summed E-state index contributed by atoms with van der Waals surface area (Å²) in [6.45, 7) is 4.92. The molecule has 0 aliphatic carbocycles. The third-order valence-corrected chi connectivity index (χ3v) is 13.0. The molecule has 6 heteroatoms. The second-order valence-electron chi connectivity index (χ2n) is 19.3. The zero-order valence-corrected chi connectivity index (χ0v) is 42.3. The Hall–Kier alpha value is -1.66. The summed E-state index contributed by atoms with van der Waals surface area (Å²) in [5.41, 5.74) is 0. The standard InChI is InChI=1S/C57H109NO5/c1-3-5-7-9-11-13-15-16-17-25-28-31-35-39-43-47-51-57(62)63-52-48-44-40-36-32-29-26-23-21-19-18-20-22-24-27-30-34-38-42-46-50-56(61)58-54(53-59)55(60)49-45-41-37-33-14-12-10-8-6-4-2/h13,15,17,25,54-55,59-60H,3-12,14,16,18-24,26-53H2,1-2H3,(H,58,61)/b15-13-,25-17-. The van der Waals surface area contributed by atoms with Crippen LogP contribution in [0.3, 0.4) is 0 Å². The monoisotopic (exact) mass is 888 g/mol. The van der Waals surface area contributed by atoms with E-state index in [2.05, 4.69) is 43.5 Å². The second-order valence-corrected chi connectivity index (χ2v) is 19.3. The molecule has 3 N–H and O–H groups in total. The summed E-state index contributed by atoms with van der Waals surface area (Å²) in [6, 6.07) is -0.541. The Morgan fingerprint density at radius 2 is 0.794 bits per heavy atom. The first-order valence-corrected chi connectivity index (χ1v) is 28.1. The number of esters is 1. The first-order valence-electron chi connectivity index (χ1n) is 28.1. The van der Waals surface area contributed by atoms with Crippen molar-refractivity contribution in [2.75, 3.05) is 13.2 Å². The van der Waals surface area contributed by atoms with Gasteiger partial charge in [0, 0.05) is 12.8 Å². The number of carbonyl (C=O) groups is 2. The van der Waals surface area contributed by atoms with Gasteiger partial charge in [-0.3, -0.25) is 9.59 Å². The number of aliphatic hydroxyl groups is 2. The highest BCUT2D eigenvalue weighted by Crippen LogP contribution is 2.17. The van der Waals surface area contributed by atoms with E-state index in [-0.39, 0.29) is 18.5 Å². The molecule has 6 nitrogen and oxygen atoms in total. The van der Waals surface area contributed by atoms with Crippen molar-refractivity contribution in [3.63, 3.8) is 0 Å². The molecule has 0 aliphatic heterocycles. The minimum absolute atomic E-state index is 0.00294. The van der Waals surface area contributed by atoms with E-state index >= 15 is 0 Å². The lowest BCUT2D eigenvalue weighted by molar-refractivity contribution is -0.143. The lowest BCUT2D eigenvalue weighted by atomic mass is 10.0. The highest BCUT2D eigenvalue weighted by Gasteiger charge is 2.20. The van der Waals surface area contributed by atoms with Gasteiger partial charge < -0.3 is 20.3 Å². The van der Waals surface area contributed by atoms with Crippen LogP contribution in [0.5, 0.6) is 0 Å². The Bertz CT molecular complexity index is 982. The molecule has 0 radical (unpaired) electrons. The summed E-state index contributed by atoms with van der Waals surface area (Å²) in [4.78, 5) is 24.5. The van der Waals surface area contributed by atoms with Gasteiger partial charge in [-0.15, -0.1) is 0 Å². The van der Waals surface area contributed by atoms with E-state index in [1.54, 1.807) is 0 Å². The topological polar surface area (TPSA) is 95.9 Å². The molecule has 0 fully saturated rings. The third-order valence-electron chi connectivity index (χ3n) is 13.0. The van der Waals surface area contributed by atoms with Crippen LogP contribution in [0.4, 0.5) is 0 Å². The average Bonchev–Trinajstić information content (AvgIpc) is 3.28. The van der Waals surface area contributed by atoms with E-state index in [1.165, 1.54) is 218 Å². The van der Waals surface area contributed by atoms with Crippen LogP contribution in [0.15, 0.2) is 24.3 Å². The molecule has 0 aliphatic rings. The maximum Gasteiger partial charge on any atom is 0.305 e. The van der Waals surface area contributed by atoms with Gasteiger partial charge in [-0.2, -0.15) is 0 Å². The molecule has 1 amide bonds. The molecule has 2 unspecified atom stereocenters. The van der Waals surface area contributed by atoms with E-state index in [4.69, 9.17) is 4.74 Å². The molecule has 0 saturated carbocycles. The summed E-state index contributed by atoms with van der Waals surface area (Å²) in [5.74, 6) is -0.0414. The normalized spacial score (nSPS) is 12.8. The van der Waals surface area contributed by atoms with Crippen molar-refractivity contribution in [1.82, 2.24) is 5.32 Å². The van der Waals surface area contributed by atoms with Crippen molar-refractivity contribution in [2.24, 2.45) is 0 Å². The predicted molar refractivity (Wildman–Crippen MR) is 273 cm³/mol. The molecule has 0 saturated heterocycles. The van der Waals surface area contributed by atoms with E-state index in [0.717, 1.165) is 51.4 Å². The minimum atomic E-state index is -0.663. The Morgan fingerprint density at radius 3 is 1.22 bits per heavy atom. The number of hydrogen-bond donors (Lipinski definition) is 3. The first kappa shape index (κ1) is 61.3. The minimum Gasteiger partial charge on any atom is -0.466 e. The Labute approximate surface area is 392 Å². The molecule has 0 spiro atoms. The van der Waals surface area contributed by atoms with Crippen LogP contribution in [0.1, 0.15) is 303 Å². The molecular formula is C57H109NO5. The van der Waals surface area contributed by atoms with Crippen molar-refractivity contribution in [2.45, 2.75) is 315 Å². The van der Waals surface area contributed by atoms with E-state index in [0.29, 0.717) is 25.9 Å². The van der Waals surface area contributed by atoms with Crippen molar-refractivity contribution in [3.05, 3.63) is 24.3 Å². The summed E-state index contributed by atoms with van der Waals surface area (Å²) in [5, 5.41) is 23.1. The predicted octanol–water partition coefficient (Wildman–Crippen LogP) is 17.1. The second kappa shape index (κ2) is 53.0. The molecule has 0 aromatic rings. The highest BCUT2D eigenvalue weighted by molar-refractivity contribution is 5.76. The van der Waals surface area contributed by atoms with Gasteiger partial charge in [0.05, 0.1) is 25.4 Å². The summed E-state index contributed by atoms with van der Waals surface area (Å²) in [7, 11) is 0. The van der Waals surface area contributed by atoms with Crippen LogP contribution in [-0.2, 0) is 14.3 Å². The number of unbranched alkanes of at least 4 members (excludes halogenated alkanes) is 37. The number of rotatable bonds is 52. The molecule has 63 heavy (non-hydrogen) atoms. The van der Waals surface area contributed by atoms with E-state index < -0.39 is 12.1 Å². The smallest absolute Gasteiger partial charge is 0.305 e. The average molecular weight is 889 g/mol. The van der Waals surface area contributed by atoms with Crippen molar-refractivity contribution >= 4 is 11.9 Å². The summed E-state index contributed by atoms with van der Waals surface area (Å²) in [6.07, 6.45) is 63.1. The van der Waals surface area contributed by atoms with Crippen molar-refractivity contribution < 1.29 is 24.5 Å². The molecule has 0 aromatic heterocycles. The molecule has 0 heterocycles. The van der Waals surface area contributed by atoms with Gasteiger partial charge in [0.1, 0.15) is 0 Å². The molecule has 0 rings (SSSR count). The fraction of sp³-hybridized carbons (Fsp3) is 0.895. The summed E-state index contributed by atoms with van der Waals surface area (Å²) < 4.78 is 5.47. The fourth-order valence-corrected chi connectivity index (χ4v) is 8.67. The van der Waals surface area contributed by atoms with Crippen molar-refractivity contribution in [1.29, 1.82) is 0 Å². The van der Waals surface area contributed by atoms with E-state index in [9.17, 15) is 19.8 Å². The largest absolute Gasteiger partial charge is 0.466 e. The third kappa shape index (κ3) is 49.6. The fourth-order valence-electron chi connectivity index (χ4n) is 8.67. The highest BCUT2D eigenvalue weighted by atomic mass is 16.5. The SMILES string of the molecule is CCCCCC/C=C\C/C=C\CCCCCCCC(=O)OCCCCCCCCCCCCCCCCCCCCCCC(=O)NC(CO)C(O)CCCCCCCCCCCC. The first-order chi connectivity index (χ1) is 31.0. The molecular weight excluding hydrogens is 779 g/mol. The number of nitrogens with one attached hydrogen (secondary N) is 1. The quantitative estimate of drug-likeness (QED) is 0.0321. The Morgan fingerprint density at radius 1 is 0.444 bits per heavy atom. The van der Waals surface area contributed by atoms with Gasteiger partial charge >= 0.3 is 5.97 Å². The number of hydrogen-bond acceptors (Lipinski definition) is 5. The Kier molecular flexibility index (Phi) is 51.6. The number of allylic oxidation sites excluding steroid dienone is 4. The van der Waals surface area contributed by atoms with Crippen LogP contribution in [0.2, 0.25) is 0 Å². The zero-order chi connectivity index (χ0) is 45.8. The van der Waals surface area contributed by atoms with E-state index in [1.807, 2.05) is 0 Å². The van der Waals surface area contributed by atoms with Crippen molar-refractivity contribution in [3.8, 4) is 0 Å². The summed E-state index contributed by atoms with van der Waals surface area (Å²) >= 11 is 0. The molecule has 0 aromatic carbocycles. The van der Waals surface area contributed by atoms with Crippen LogP contribution in [-0.4, -0.2) is 47.4 Å². The van der Waals surface area contributed by atoms with Gasteiger partial charge in [0.25, 0.3) is 0 Å². The number of ether oxygens (including phenoxy) is 1.